The summed E-state index contributed by atoms with van der Waals surface area (Å²) < 4.78 is 1.80. The van der Waals surface area contributed by atoms with Crippen molar-refractivity contribution in [3.05, 3.63) is 92.3 Å². The number of anilines is 2. The van der Waals surface area contributed by atoms with Crippen LogP contribution in [-0.2, 0) is 5.72 Å². The number of halogens is 3. The third-order valence-electron chi connectivity index (χ3n) is 5.15. The van der Waals surface area contributed by atoms with E-state index < -0.39 is 11.8 Å². The molecule has 0 spiro atoms. The highest BCUT2D eigenvalue weighted by Gasteiger charge is 2.56. The Kier molecular flexibility index (Phi) is 5.46. The van der Waals surface area contributed by atoms with E-state index in [4.69, 9.17) is 11.6 Å². The van der Waals surface area contributed by atoms with E-state index in [9.17, 15) is 9.90 Å². The van der Waals surface area contributed by atoms with Crippen molar-refractivity contribution >= 4 is 60.9 Å². The Bertz CT molecular complexity index is 1060. The number of carbonyl (C=O) groups excluding carboxylic acids is 1. The third-order valence-corrected chi connectivity index (χ3v) is 6.44. The van der Waals surface area contributed by atoms with E-state index in [1.165, 1.54) is 4.90 Å². The smallest absolute Gasteiger partial charge is 0.332 e. The highest BCUT2D eigenvalue weighted by Crippen LogP contribution is 2.45. The molecule has 0 saturated carbocycles. The van der Waals surface area contributed by atoms with Gasteiger partial charge in [-0.15, -0.1) is 0 Å². The Morgan fingerprint density at radius 3 is 2.03 bits per heavy atom. The number of nitrogens with zero attached hydrogens (tertiary/aromatic N) is 2. The fourth-order valence-electron chi connectivity index (χ4n) is 3.71. The molecule has 1 unspecified atom stereocenters. The van der Waals surface area contributed by atoms with Crippen LogP contribution < -0.4 is 9.80 Å². The van der Waals surface area contributed by atoms with E-state index in [1.807, 2.05) is 43.3 Å². The zero-order chi connectivity index (χ0) is 20.8. The van der Waals surface area contributed by atoms with Crippen LogP contribution in [0.1, 0.15) is 12.5 Å². The van der Waals surface area contributed by atoms with Gasteiger partial charge in [0.1, 0.15) is 0 Å². The monoisotopic (exact) mass is 534 g/mol. The Morgan fingerprint density at radius 1 is 0.931 bits per heavy atom. The summed E-state index contributed by atoms with van der Waals surface area (Å²) in [6.07, 6.45) is 0. The van der Waals surface area contributed by atoms with Crippen LogP contribution in [0.25, 0.3) is 0 Å². The summed E-state index contributed by atoms with van der Waals surface area (Å²) >= 11 is 13.1. The van der Waals surface area contributed by atoms with Gasteiger partial charge in [0.2, 0.25) is 0 Å². The van der Waals surface area contributed by atoms with Crippen LogP contribution in [0, 0.1) is 0 Å². The van der Waals surface area contributed by atoms with Crippen molar-refractivity contribution in [1.82, 2.24) is 0 Å². The first-order chi connectivity index (χ1) is 13.8. The third kappa shape index (κ3) is 3.48. The minimum absolute atomic E-state index is 0.315. The lowest BCUT2D eigenvalue weighted by Gasteiger charge is -2.35. The lowest BCUT2D eigenvalue weighted by atomic mass is 9.94. The molecule has 0 aliphatic carbocycles. The van der Waals surface area contributed by atoms with Crippen molar-refractivity contribution in [3.63, 3.8) is 0 Å². The number of hydrogen-bond acceptors (Lipinski definition) is 2. The molecule has 1 N–H and O–H groups in total. The predicted molar refractivity (Wildman–Crippen MR) is 123 cm³/mol. The fourth-order valence-corrected chi connectivity index (χ4v) is 4.43. The Labute approximate surface area is 191 Å². The average Bonchev–Trinajstić information content (AvgIpc) is 2.90. The second kappa shape index (κ2) is 7.76. The van der Waals surface area contributed by atoms with Gasteiger partial charge >= 0.3 is 6.03 Å². The maximum absolute atomic E-state index is 13.6. The van der Waals surface area contributed by atoms with E-state index in [2.05, 4.69) is 31.9 Å². The number of aliphatic hydroxyl groups is 1. The molecule has 0 aromatic heterocycles. The summed E-state index contributed by atoms with van der Waals surface area (Å²) in [5, 5.41) is 12.5. The molecule has 2 atom stereocenters. The fraction of sp³-hybridized carbons (Fsp3) is 0.136. The molecule has 7 heteroatoms. The molecule has 1 saturated heterocycles. The van der Waals surface area contributed by atoms with Crippen LogP contribution in [0.5, 0.6) is 0 Å². The van der Waals surface area contributed by atoms with Crippen LogP contribution >= 0.6 is 43.5 Å². The van der Waals surface area contributed by atoms with Gasteiger partial charge in [-0.1, -0.05) is 55.6 Å². The quantitative estimate of drug-likeness (QED) is 0.413. The van der Waals surface area contributed by atoms with Crippen molar-refractivity contribution in [2.24, 2.45) is 0 Å². The Balaban J connectivity index is 1.90. The van der Waals surface area contributed by atoms with E-state index in [-0.39, 0.29) is 6.03 Å². The molecular weight excluding hydrogens is 520 g/mol. The van der Waals surface area contributed by atoms with Gasteiger partial charge in [0.05, 0.1) is 6.04 Å². The second-order valence-corrected chi connectivity index (χ2v) is 9.12. The standard InChI is InChI=1S/C22H17Br2ClN2O2/c1-14-22(29,15-3-2-4-18(25)13-15)27(20-11-7-17(24)8-12-20)21(28)26(14)19-9-5-16(23)6-10-19/h2-14,29H,1H3/t14-,22?/m0/s1. The molecule has 4 nitrogen and oxygen atoms in total. The number of urea groups is 1. The molecule has 1 aliphatic heterocycles. The molecule has 1 aliphatic rings. The van der Waals surface area contributed by atoms with Crippen molar-refractivity contribution in [3.8, 4) is 0 Å². The molecule has 29 heavy (non-hydrogen) atoms. The molecule has 0 radical (unpaired) electrons. The van der Waals surface area contributed by atoms with Gasteiger partial charge in [-0.25, -0.2) is 4.79 Å². The molecule has 3 aromatic rings. The topological polar surface area (TPSA) is 43.8 Å². The molecule has 148 valence electrons. The minimum atomic E-state index is -1.61. The van der Waals surface area contributed by atoms with Gasteiger partial charge in [0.15, 0.2) is 5.72 Å². The normalized spacial score (nSPS) is 21.7. The zero-order valence-corrected chi connectivity index (χ0v) is 19.3. The minimum Gasteiger partial charge on any atom is -0.365 e. The number of carbonyl (C=O) groups is 1. The average molecular weight is 537 g/mol. The summed E-state index contributed by atoms with van der Waals surface area (Å²) in [5.74, 6) is 0. The lowest BCUT2D eigenvalue weighted by molar-refractivity contribution is 0.0372. The van der Waals surface area contributed by atoms with Crippen LogP contribution in [0.2, 0.25) is 5.02 Å². The maximum atomic E-state index is 13.6. The predicted octanol–water partition coefficient (Wildman–Crippen LogP) is 6.55. The SMILES string of the molecule is C[C@@H]1N(c2ccc(Br)cc2)C(=O)N(c2ccc(Br)cc2)C1(O)c1cccc(Cl)c1. The van der Waals surface area contributed by atoms with E-state index in [0.29, 0.717) is 22.0 Å². The molecule has 1 fully saturated rings. The summed E-state index contributed by atoms with van der Waals surface area (Å²) in [5.41, 5.74) is 0.231. The summed E-state index contributed by atoms with van der Waals surface area (Å²) in [6, 6.07) is 20.8. The van der Waals surface area contributed by atoms with Crippen molar-refractivity contribution < 1.29 is 9.90 Å². The van der Waals surface area contributed by atoms with E-state index >= 15 is 0 Å². The van der Waals surface area contributed by atoms with Crippen molar-refractivity contribution in [2.75, 3.05) is 9.80 Å². The molecule has 0 bridgehead atoms. The lowest BCUT2D eigenvalue weighted by Crippen LogP contribution is -2.48. The molecule has 4 rings (SSSR count). The first-order valence-corrected chi connectivity index (χ1v) is 10.9. The van der Waals surface area contributed by atoms with Crippen molar-refractivity contribution in [2.45, 2.75) is 18.7 Å². The van der Waals surface area contributed by atoms with Crippen molar-refractivity contribution in [1.29, 1.82) is 0 Å². The summed E-state index contributed by atoms with van der Waals surface area (Å²) in [6.45, 7) is 1.83. The van der Waals surface area contributed by atoms with Crippen LogP contribution in [0.3, 0.4) is 0 Å². The van der Waals surface area contributed by atoms with Gasteiger partial charge < -0.3 is 5.11 Å². The largest absolute Gasteiger partial charge is 0.365 e. The van der Waals surface area contributed by atoms with Gasteiger partial charge in [0.25, 0.3) is 0 Å². The number of benzene rings is 3. The number of amides is 2. The first kappa shape index (κ1) is 20.4. The maximum Gasteiger partial charge on any atom is 0.332 e. The Hall–Kier alpha value is -1.86. The van der Waals surface area contributed by atoms with Gasteiger partial charge in [-0.05, 0) is 67.6 Å². The zero-order valence-electron chi connectivity index (χ0n) is 15.4. The van der Waals surface area contributed by atoms with E-state index in [1.54, 1.807) is 41.3 Å². The Morgan fingerprint density at radius 2 is 1.48 bits per heavy atom. The molecular formula is C22H17Br2ClN2O2. The second-order valence-electron chi connectivity index (χ2n) is 6.85. The molecule has 3 aromatic carbocycles. The molecule has 2 amide bonds. The van der Waals surface area contributed by atoms with Gasteiger partial charge in [-0.3, -0.25) is 9.80 Å². The van der Waals surface area contributed by atoms with Crippen LogP contribution in [0.15, 0.2) is 81.7 Å². The van der Waals surface area contributed by atoms with Gasteiger partial charge in [0, 0.05) is 30.9 Å². The van der Waals surface area contributed by atoms with Crippen LogP contribution in [0.4, 0.5) is 16.2 Å². The summed E-state index contributed by atoms with van der Waals surface area (Å²) in [7, 11) is 0. The van der Waals surface area contributed by atoms with Gasteiger partial charge in [-0.2, -0.15) is 0 Å². The first-order valence-electron chi connectivity index (χ1n) is 8.95. The number of rotatable bonds is 3. The molecule has 1 heterocycles. The summed E-state index contributed by atoms with van der Waals surface area (Å²) in [4.78, 5) is 16.6. The highest BCUT2D eigenvalue weighted by molar-refractivity contribution is 9.10. The van der Waals surface area contributed by atoms with E-state index in [0.717, 1.165) is 8.95 Å². The number of hydrogen-bond donors (Lipinski definition) is 1. The highest BCUT2D eigenvalue weighted by atomic mass is 79.9. The van der Waals surface area contributed by atoms with Crippen LogP contribution in [-0.4, -0.2) is 17.2 Å².